The van der Waals surface area contributed by atoms with Crippen molar-refractivity contribution in [3.63, 3.8) is 0 Å². The Labute approximate surface area is 90.5 Å². The third-order valence-corrected chi connectivity index (χ3v) is 4.22. The van der Waals surface area contributed by atoms with Crippen molar-refractivity contribution in [2.45, 2.75) is 45.7 Å². The van der Waals surface area contributed by atoms with E-state index in [1.54, 1.807) is 0 Å². The predicted octanol–water partition coefficient (Wildman–Crippen LogP) is 3.20. The minimum atomic E-state index is 0.710. The van der Waals surface area contributed by atoms with Crippen LogP contribution in [0.15, 0.2) is 12.1 Å². The Morgan fingerprint density at radius 3 is 2.71 bits per heavy atom. The van der Waals surface area contributed by atoms with Crippen molar-refractivity contribution < 1.29 is 0 Å². The van der Waals surface area contributed by atoms with Crippen LogP contribution in [0.2, 0.25) is 0 Å². The third-order valence-electron chi connectivity index (χ3n) is 2.99. The van der Waals surface area contributed by atoms with Crippen molar-refractivity contribution in [1.29, 1.82) is 0 Å². The van der Waals surface area contributed by atoms with Gasteiger partial charge in [0.15, 0.2) is 0 Å². The number of hydrogen-bond acceptors (Lipinski definition) is 2. The lowest BCUT2D eigenvalue weighted by Crippen LogP contribution is -2.26. The van der Waals surface area contributed by atoms with Crippen molar-refractivity contribution in [3.8, 4) is 0 Å². The molecule has 1 nitrogen and oxygen atoms in total. The van der Waals surface area contributed by atoms with Crippen LogP contribution in [0.3, 0.4) is 0 Å². The van der Waals surface area contributed by atoms with Gasteiger partial charge in [-0.15, -0.1) is 11.3 Å². The highest BCUT2D eigenvalue weighted by atomic mass is 32.1. The zero-order chi connectivity index (χ0) is 9.97. The van der Waals surface area contributed by atoms with Crippen molar-refractivity contribution in [1.82, 2.24) is 5.32 Å². The standard InChI is InChI=1S/C12H19NS/c1-3-11-6-7-12(14-11)8-13-9(2)10-4-5-10/h6-7,9-10,13H,3-5,8H2,1-2H3. The molecule has 1 N–H and O–H groups in total. The van der Waals surface area contributed by atoms with Gasteiger partial charge in [0.2, 0.25) is 0 Å². The lowest BCUT2D eigenvalue weighted by atomic mass is 10.2. The van der Waals surface area contributed by atoms with Gasteiger partial charge in [-0.05, 0) is 44.2 Å². The van der Waals surface area contributed by atoms with E-state index in [0.29, 0.717) is 6.04 Å². The van der Waals surface area contributed by atoms with Gasteiger partial charge < -0.3 is 5.32 Å². The summed E-state index contributed by atoms with van der Waals surface area (Å²) in [6, 6.07) is 5.22. The Kier molecular flexibility index (Phi) is 3.24. The minimum absolute atomic E-state index is 0.710. The molecule has 1 unspecified atom stereocenters. The largest absolute Gasteiger partial charge is 0.309 e. The van der Waals surface area contributed by atoms with Gasteiger partial charge in [-0.25, -0.2) is 0 Å². The van der Waals surface area contributed by atoms with E-state index in [9.17, 15) is 0 Å². The molecule has 0 amide bonds. The van der Waals surface area contributed by atoms with E-state index in [1.165, 1.54) is 29.0 Å². The fourth-order valence-corrected chi connectivity index (χ4v) is 2.64. The van der Waals surface area contributed by atoms with Crippen LogP contribution in [0.25, 0.3) is 0 Å². The van der Waals surface area contributed by atoms with Gasteiger partial charge in [0.1, 0.15) is 0 Å². The summed E-state index contributed by atoms with van der Waals surface area (Å²) in [6.45, 7) is 5.59. The summed E-state index contributed by atoms with van der Waals surface area (Å²) in [6.07, 6.45) is 4.03. The van der Waals surface area contributed by atoms with Crippen molar-refractivity contribution in [3.05, 3.63) is 21.9 Å². The van der Waals surface area contributed by atoms with Gasteiger partial charge in [-0.3, -0.25) is 0 Å². The Balaban J connectivity index is 1.78. The first-order chi connectivity index (χ1) is 6.79. The van der Waals surface area contributed by atoms with Gasteiger partial charge in [0, 0.05) is 22.3 Å². The highest BCUT2D eigenvalue weighted by molar-refractivity contribution is 7.11. The van der Waals surface area contributed by atoms with E-state index in [4.69, 9.17) is 0 Å². The summed E-state index contributed by atoms with van der Waals surface area (Å²) in [5.74, 6) is 0.959. The average molecular weight is 209 g/mol. The number of nitrogens with one attached hydrogen (secondary N) is 1. The molecule has 0 bridgehead atoms. The first kappa shape index (κ1) is 10.2. The summed E-state index contributed by atoms with van der Waals surface area (Å²) in [5, 5.41) is 3.61. The molecule has 1 aliphatic carbocycles. The third kappa shape index (κ3) is 2.58. The Morgan fingerprint density at radius 1 is 1.43 bits per heavy atom. The zero-order valence-electron chi connectivity index (χ0n) is 9.05. The molecule has 1 aromatic rings. The second-order valence-electron chi connectivity index (χ2n) is 4.23. The topological polar surface area (TPSA) is 12.0 Å². The minimum Gasteiger partial charge on any atom is -0.309 e. The predicted molar refractivity (Wildman–Crippen MR) is 62.7 cm³/mol. The molecule has 2 rings (SSSR count). The summed E-state index contributed by atoms with van der Waals surface area (Å²) in [5.41, 5.74) is 0. The fraction of sp³-hybridized carbons (Fsp3) is 0.667. The number of rotatable bonds is 5. The molecule has 1 aromatic heterocycles. The van der Waals surface area contributed by atoms with Gasteiger partial charge in [-0.1, -0.05) is 6.92 Å². The normalized spacial score (nSPS) is 18.4. The molecule has 1 saturated carbocycles. The highest BCUT2D eigenvalue weighted by Crippen LogP contribution is 2.32. The molecule has 14 heavy (non-hydrogen) atoms. The summed E-state index contributed by atoms with van der Waals surface area (Å²) in [7, 11) is 0. The molecule has 0 spiro atoms. The van der Waals surface area contributed by atoms with Crippen LogP contribution in [-0.4, -0.2) is 6.04 Å². The van der Waals surface area contributed by atoms with Crippen LogP contribution in [0.5, 0.6) is 0 Å². The van der Waals surface area contributed by atoms with Crippen LogP contribution in [0, 0.1) is 5.92 Å². The van der Waals surface area contributed by atoms with E-state index in [2.05, 4.69) is 31.3 Å². The summed E-state index contributed by atoms with van der Waals surface area (Å²) < 4.78 is 0. The van der Waals surface area contributed by atoms with E-state index in [-0.39, 0.29) is 0 Å². The zero-order valence-corrected chi connectivity index (χ0v) is 9.86. The second-order valence-corrected chi connectivity index (χ2v) is 5.48. The Bertz CT molecular complexity index is 288. The fourth-order valence-electron chi connectivity index (χ4n) is 1.73. The highest BCUT2D eigenvalue weighted by Gasteiger charge is 2.27. The lowest BCUT2D eigenvalue weighted by Gasteiger charge is -2.10. The maximum absolute atomic E-state index is 3.61. The molecule has 1 heterocycles. The smallest absolute Gasteiger partial charge is 0.0302 e. The summed E-state index contributed by atoms with van der Waals surface area (Å²) >= 11 is 1.94. The molecule has 78 valence electrons. The van der Waals surface area contributed by atoms with Gasteiger partial charge in [0.25, 0.3) is 0 Å². The summed E-state index contributed by atoms with van der Waals surface area (Å²) in [4.78, 5) is 2.98. The Morgan fingerprint density at radius 2 is 2.14 bits per heavy atom. The molecule has 0 radical (unpaired) electrons. The number of thiophene rings is 1. The van der Waals surface area contributed by atoms with E-state index < -0.39 is 0 Å². The van der Waals surface area contributed by atoms with Crippen molar-refractivity contribution in [2.24, 2.45) is 5.92 Å². The Hall–Kier alpha value is -0.340. The monoisotopic (exact) mass is 209 g/mol. The molecule has 0 aromatic carbocycles. The van der Waals surface area contributed by atoms with Crippen LogP contribution in [0.1, 0.15) is 36.4 Å². The number of aryl methyl sites for hydroxylation is 1. The van der Waals surface area contributed by atoms with Gasteiger partial charge in [0.05, 0.1) is 0 Å². The molecule has 1 atom stereocenters. The SMILES string of the molecule is CCc1ccc(CNC(C)C2CC2)s1. The average Bonchev–Trinajstić information content (AvgIpc) is 2.94. The lowest BCUT2D eigenvalue weighted by molar-refractivity contribution is 0.499. The first-order valence-corrected chi connectivity index (χ1v) is 6.42. The quantitative estimate of drug-likeness (QED) is 0.785. The second kappa shape index (κ2) is 4.45. The molecular formula is C12H19NS. The van der Waals surface area contributed by atoms with E-state index >= 15 is 0 Å². The molecule has 0 aliphatic heterocycles. The molecule has 1 aliphatic rings. The van der Waals surface area contributed by atoms with Crippen molar-refractivity contribution in [2.75, 3.05) is 0 Å². The number of hydrogen-bond donors (Lipinski definition) is 1. The molecule has 1 fully saturated rings. The molecular weight excluding hydrogens is 190 g/mol. The first-order valence-electron chi connectivity index (χ1n) is 5.60. The molecule has 2 heteroatoms. The van der Waals surface area contributed by atoms with Crippen LogP contribution >= 0.6 is 11.3 Å². The molecule has 0 saturated heterocycles. The maximum Gasteiger partial charge on any atom is 0.0302 e. The van der Waals surface area contributed by atoms with Crippen LogP contribution < -0.4 is 5.32 Å². The van der Waals surface area contributed by atoms with Gasteiger partial charge in [-0.2, -0.15) is 0 Å². The van der Waals surface area contributed by atoms with Crippen LogP contribution in [-0.2, 0) is 13.0 Å². The van der Waals surface area contributed by atoms with E-state index in [1.807, 2.05) is 11.3 Å². The maximum atomic E-state index is 3.61. The van der Waals surface area contributed by atoms with Gasteiger partial charge >= 0.3 is 0 Å². The van der Waals surface area contributed by atoms with E-state index in [0.717, 1.165) is 12.5 Å². The van der Waals surface area contributed by atoms with Crippen LogP contribution in [0.4, 0.5) is 0 Å². The van der Waals surface area contributed by atoms with Crippen molar-refractivity contribution >= 4 is 11.3 Å².